The number of aliphatic carboxylic acids is 1. The Morgan fingerprint density at radius 1 is 0.972 bits per heavy atom. The van der Waals surface area contributed by atoms with Crippen LogP contribution in [-0.4, -0.2) is 17.0 Å². The first-order valence-corrected chi connectivity index (χ1v) is 9.89. The molecule has 2 rings (SSSR count). The Labute approximate surface area is 199 Å². The summed E-state index contributed by atoms with van der Waals surface area (Å²) in [6, 6.07) is 6.78. The zero-order valence-electron chi connectivity index (χ0n) is 18.2. The van der Waals surface area contributed by atoms with E-state index < -0.39 is 64.6 Å². The van der Waals surface area contributed by atoms with Crippen LogP contribution >= 0.6 is 0 Å². The van der Waals surface area contributed by atoms with Gasteiger partial charge in [0.05, 0.1) is 33.9 Å². The number of rotatable bonds is 7. The Balaban J connectivity index is 2.64. The zero-order chi connectivity index (χ0) is 27.3. The lowest BCUT2D eigenvalue weighted by Gasteiger charge is -2.19. The number of nitriles is 2. The van der Waals surface area contributed by atoms with Crippen LogP contribution in [0.4, 0.5) is 37.7 Å². The number of carbonyl (C=O) groups excluding carboxylic acids is 1. The van der Waals surface area contributed by atoms with Gasteiger partial charge in [0.15, 0.2) is 0 Å². The first-order valence-electron chi connectivity index (χ1n) is 9.89. The van der Waals surface area contributed by atoms with Crippen LogP contribution < -0.4 is 5.01 Å². The van der Waals surface area contributed by atoms with Crippen molar-refractivity contribution in [3.63, 3.8) is 0 Å². The number of alkyl halides is 6. The van der Waals surface area contributed by atoms with Gasteiger partial charge in [0.2, 0.25) is 5.91 Å². The van der Waals surface area contributed by atoms with E-state index in [1.807, 2.05) is 0 Å². The van der Waals surface area contributed by atoms with Crippen LogP contribution in [0.15, 0.2) is 46.7 Å². The van der Waals surface area contributed by atoms with Crippen molar-refractivity contribution < 1.29 is 41.0 Å². The molecule has 36 heavy (non-hydrogen) atoms. The number of hydrogen-bond acceptors (Lipinski definition) is 6. The molecule has 0 bridgehead atoms. The molecule has 1 amide bonds. The summed E-state index contributed by atoms with van der Waals surface area (Å²) in [5.74, 6) is -3.37. The van der Waals surface area contributed by atoms with Crippen LogP contribution in [0, 0.1) is 28.6 Å². The van der Waals surface area contributed by atoms with Crippen LogP contribution in [0.2, 0.25) is 0 Å². The number of carboxylic acids is 1. The fourth-order valence-corrected chi connectivity index (χ4v) is 2.76. The smallest absolute Gasteiger partial charge is 0.416 e. The van der Waals surface area contributed by atoms with Crippen LogP contribution in [0.3, 0.4) is 0 Å². The second-order valence-electron chi connectivity index (χ2n) is 7.36. The number of amides is 1. The number of nitrogens with zero attached hydrogens (tertiary/aromatic N) is 5. The summed E-state index contributed by atoms with van der Waals surface area (Å²) < 4.78 is 79.0. The second kappa shape index (κ2) is 10.9. The van der Waals surface area contributed by atoms with Crippen molar-refractivity contribution in [2.45, 2.75) is 32.1 Å². The zero-order valence-corrected chi connectivity index (χ0v) is 18.2. The minimum Gasteiger partial charge on any atom is -0.481 e. The normalized spacial score (nSPS) is 12.6. The lowest BCUT2D eigenvalue weighted by molar-refractivity contribution is -0.141. The lowest BCUT2D eigenvalue weighted by atomic mass is 10.0. The molecule has 0 aromatic heterocycles. The molecule has 2 aromatic carbocycles. The summed E-state index contributed by atoms with van der Waals surface area (Å²) in [6.07, 6.45) is -10.5. The monoisotopic (exact) mass is 511 g/mol. The standard InChI is InChI=1S/C22H15F6N5O3/c1-12(20(35)36)2-7-19(34)33(18-9-16(22(26,27)28)6-4-14(18)11-30)32-31-17-8-15(21(23,24)25)5-3-13(17)10-29/h3-6,8-9,12H,2,7H2,1H3,(H,35,36)/b32-31+. The lowest BCUT2D eigenvalue weighted by Crippen LogP contribution is -2.27. The van der Waals surface area contributed by atoms with E-state index in [9.17, 15) is 46.5 Å². The van der Waals surface area contributed by atoms with Gasteiger partial charge in [-0.25, -0.2) is 0 Å². The van der Waals surface area contributed by atoms with E-state index >= 15 is 0 Å². The Bertz CT molecular complexity index is 1270. The number of benzene rings is 2. The van der Waals surface area contributed by atoms with Gasteiger partial charge >= 0.3 is 18.3 Å². The number of carboxylic acid groups (broad SMARTS) is 1. The predicted molar refractivity (Wildman–Crippen MR) is 110 cm³/mol. The van der Waals surface area contributed by atoms with Gasteiger partial charge in [0.25, 0.3) is 0 Å². The van der Waals surface area contributed by atoms with Gasteiger partial charge < -0.3 is 5.11 Å². The first-order chi connectivity index (χ1) is 16.7. The molecule has 1 N–H and O–H groups in total. The van der Waals surface area contributed by atoms with Gasteiger partial charge in [0.1, 0.15) is 17.8 Å². The number of anilines is 1. The molecule has 188 valence electrons. The van der Waals surface area contributed by atoms with E-state index in [0.29, 0.717) is 24.3 Å². The van der Waals surface area contributed by atoms with E-state index in [1.54, 1.807) is 12.1 Å². The van der Waals surface area contributed by atoms with Crippen molar-refractivity contribution in [1.82, 2.24) is 0 Å². The minimum absolute atomic E-state index is 0.268. The summed E-state index contributed by atoms with van der Waals surface area (Å²) in [5.41, 5.74) is -4.64. The number of hydrogen-bond donors (Lipinski definition) is 1. The summed E-state index contributed by atoms with van der Waals surface area (Å²) in [5, 5.41) is 34.7. The average Bonchev–Trinajstić information content (AvgIpc) is 2.81. The molecule has 0 spiro atoms. The van der Waals surface area contributed by atoms with E-state index in [1.165, 1.54) is 6.92 Å². The molecule has 0 saturated heterocycles. The first kappa shape index (κ1) is 27.8. The fraction of sp³-hybridized carbons (Fsp3) is 0.273. The molecule has 0 saturated carbocycles. The summed E-state index contributed by atoms with van der Waals surface area (Å²) in [6.45, 7) is 1.27. The van der Waals surface area contributed by atoms with Gasteiger partial charge in [-0.15, -0.1) is 5.11 Å². The quantitative estimate of drug-likeness (QED) is 0.277. The number of carbonyl (C=O) groups is 2. The van der Waals surface area contributed by atoms with Crippen LogP contribution in [-0.2, 0) is 21.9 Å². The molecule has 0 fully saturated rings. The van der Waals surface area contributed by atoms with Gasteiger partial charge in [-0.05, 0) is 42.8 Å². The van der Waals surface area contributed by atoms with Gasteiger partial charge in [-0.1, -0.05) is 12.1 Å². The summed E-state index contributed by atoms with van der Waals surface area (Å²) in [4.78, 5) is 23.9. The highest BCUT2D eigenvalue weighted by atomic mass is 19.4. The van der Waals surface area contributed by atoms with Crippen LogP contribution in [0.1, 0.15) is 42.0 Å². The SMILES string of the molecule is CC(CCC(=O)N(/N=N/c1cc(C(F)(F)F)ccc1C#N)c1cc(C(F)(F)F)ccc1C#N)C(=O)O. The largest absolute Gasteiger partial charge is 0.481 e. The molecular formula is C22H15F6N5O3. The summed E-state index contributed by atoms with van der Waals surface area (Å²) in [7, 11) is 0. The molecule has 1 atom stereocenters. The molecule has 14 heteroatoms. The van der Waals surface area contributed by atoms with Crippen LogP contribution in [0.5, 0.6) is 0 Å². The molecule has 8 nitrogen and oxygen atoms in total. The maximum Gasteiger partial charge on any atom is 0.416 e. The Kier molecular flexibility index (Phi) is 8.38. The summed E-state index contributed by atoms with van der Waals surface area (Å²) >= 11 is 0. The minimum atomic E-state index is -4.89. The van der Waals surface area contributed by atoms with E-state index in [0.717, 1.165) is 12.1 Å². The highest BCUT2D eigenvalue weighted by Crippen LogP contribution is 2.36. The van der Waals surface area contributed by atoms with Gasteiger partial charge in [0, 0.05) is 6.42 Å². The van der Waals surface area contributed by atoms with Crippen molar-refractivity contribution in [3.05, 3.63) is 58.7 Å². The molecular weight excluding hydrogens is 496 g/mol. The maximum absolute atomic E-state index is 13.3. The molecule has 0 aliphatic heterocycles. The molecule has 0 aliphatic rings. The third-order valence-corrected chi connectivity index (χ3v) is 4.81. The van der Waals surface area contributed by atoms with Gasteiger partial charge in [-0.2, -0.15) is 41.9 Å². The highest BCUT2D eigenvalue weighted by Gasteiger charge is 2.33. The third kappa shape index (κ3) is 6.79. The van der Waals surface area contributed by atoms with Crippen molar-refractivity contribution in [2.75, 3.05) is 5.01 Å². The molecule has 1 unspecified atom stereocenters. The molecule has 0 heterocycles. The van der Waals surface area contributed by atoms with Crippen molar-refractivity contribution in [2.24, 2.45) is 16.3 Å². The van der Waals surface area contributed by atoms with E-state index in [-0.39, 0.29) is 17.0 Å². The fourth-order valence-electron chi connectivity index (χ4n) is 2.76. The van der Waals surface area contributed by atoms with Crippen LogP contribution in [0.25, 0.3) is 0 Å². The Morgan fingerprint density at radius 2 is 1.50 bits per heavy atom. The average molecular weight is 511 g/mol. The van der Waals surface area contributed by atoms with Crippen molar-refractivity contribution in [1.29, 1.82) is 10.5 Å². The van der Waals surface area contributed by atoms with E-state index in [4.69, 9.17) is 5.11 Å². The van der Waals surface area contributed by atoms with Crippen molar-refractivity contribution >= 4 is 23.3 Å². The molecule has 0 aliphatic carbocycles. The van der Waals surface area contributed by atoms with Gasteiger partial charge in [-0.3, -0.25) is 9.59 Å². The number of halogens is 6. The predicted octanol–water partition coefficient (Wildman–Crippen LogP) is 6.00. The third-order valence-electron chi connectivity index (χ3n) is 4.81. The second-order valence-corrected chi connectivity index (χ2v) is 7.36. The topological polar surface area (TPSA) is 130 Å². The van der Waals surface area contributed by atoms with Crippen molar-refractivity contribution in [3.8, 4) is 12.1 Å². The maximum atomic E-state index is 13.3. The molecule has 2 aromatic rings. The Hall–Kier alpha value is -4.46. The van der Waals surface area contributed by atoms with E-state index in [2.05, 4.69) is 10.3 Å². The highest BCUT2D eigenvalue weighted by molar-refractivity contribution is 5.94. The Morgan fingerprint density at radius 3 is 2.00 bits per heavy atom. The molecule has 0 radical (unpaired) electrons.